The summed E-state index contributed by atoms with van der Waals surface area (Å²) in [5.41, 5.74) is -0.190. The molecule has 5 rings (SSSR count). The van der Waals surface area contributed by atoms with Gasteiger partial charge in [0.25, 0.3) is 0 Å². The molecule has 14 nitrogen and oxygen atoms in total. The number of hydrogen-bond donors (Lipinski definition) is 3. The number of nitrogens with zero attached hydrogens (tertiary/aromatic N) is 1. The summed E-state index contributed by atoms with van der Waals surface area (Å²) < 4.78 is 26.9. The Hall–Kier alpha value is -4.01. The second-order valence-corrected chi connectivity index (χ2v) is 11.3. The minimum Gasteiger partial charge on any atom is -0.481 e. The first-order valence-corrected chi connectivity index (χ1v) is 13.8. The van der Waals surface area contributed by atoms with E-state index in [4.69, 9.17) is 28.8 Å². The number of esters is 4. The van der Waals surface area contributed by atoms with Crippen molar-refractivity contribution in [3.05, 3.63) is 40.7 Å². The molecule has 3 N–H and O–H groups in total. The number of carboxylic acids is 1. The molecule has 0 amide bonds. The van der Waals surface area contributed by atoms with Crippen molar-refractivity contribution >= 4 is 29.8 Å². The van der Waals surface area contributed by atoms with Crippen LogP contribution in [0.2, 0.25) is 0 Å². The molecular formula is C29H33NO13. The maximum atomic E-state index is 13.6. The van der Waals surface area contributed by atoms with Gasteiger partial charge in [-0.2, -0.15) is 0 Å². The third-order valence-corrected chi connectivity index (χ3v) is 8.81. The van der Waals surface area contributed by atoms with E-state index in [-0.39, 0.29) is 24.8 Å². The van der Waals surface area contributed by atoms with Crippen molar-refractivity contribution < 1.29 is 63.0 Å². The molecule has 0 saturated carbocycles. The molecule has 1 spiro atoms. The Labute approximate surface area is 246 Å². The average molecular weight is 604 g/mol. The number of carboxylic acid groups (broad SMARTS) is 1. The quantitative estimate of drug-likeness (QED) is 0.250. The molecule has 232 valence electrons. The number of piperidine rings is 1. The van der Waals surface area contributed by atoms with Crippen LogP contribution in [0.25, 0.3) is 0 Å². The number of hydrogen-bond acceptors (Lipinski definition) is 13. The van der Waals surface area contributed by atoms with Crippen LogP contribution in [-0.4, -0.2) is 99.7 Å². The van der Waals surface area contributed by atoms with Gasteiger partial charge in [0.1, 0.15) is 11.5 Å². The van der Waals surface area contributed by atoms with Crippen LogP contribution >= 0.6 is 0 Å². The van der Waals surface area contributed by atoms with E-state index < -0.39 is 65.3 Å². The molecule has 0 aromatic heterocycles. The van der Waals surface area contributed by atoms with Gasteiger partial charge in [-0.3, -0.25) is 9.59 Å². The highest BCUT2D eigenvalue weighted by atomic mass is 16.6. The second kappa shape index (κ2) is 10.9. The summed E-state index contributed by atoms with van der Waals surface area (Å²) in [5.74, 6) is -6.00. The van der Waals surface area contributed by atoms with Gasteiger partial charge in [0.15, 0.2) is 12.2 Å². The van der Waals surface area contributed by atoms with Crippen molar-refractivity contribution in [2.24, 2.45) is 0 Å². The minimum atomic E-state index is -2.19. The van der Waals surface area contributed by atoms with Crippen LogP contribution in [0, 0.1) is 0 Å². The highest BCUT2D eigenvalue weighted by molar-refractivity contribution is 5.90. The lowest BCUT2D eigenvalue weighted by atomic mass is 9.50. The monoisotopic (exact) mass is 603 g/mol. The van der Waals surface area contributed by atoms with Gasteiger partial charge in [0.05, 0.1) is 17.6 Å². The Morgan fingerprint density at radius 3 is 2.33 bits per heavy atom. The summed E-state index contributed by atoms with van der Waals surface area (Å²) >= 11 is 0. The number of ether oxygens (including phenoxy) is 5. The number of likely N-dealkylation sites (N-methyl/N-ethyl adjacent to an activating group) is 1. The predicted octanol–water partition coefficient (Wildman–Crippen LogP) is -0.120. The van der Waals surface area contributed by atoms with Crippen LogP contribution < -0.4 is 4.74 Å². The van der Waals surface area contributed by atoms with E-state index in [1.165, 1.54) is 6.08 Å². The van der Waals surface area contributed by atoms with Crippen LogP contribution in [0.3, 0.4) is 0 Å². The van der Waals surface area contributed by atoms with Gasteiger partial charge >= 0.3 is 29.8 Å². The lowest BCUT2D eigenvalue weighted by Gasteiger charge is -2.61. The molecule has 2 heterocycles. The zero-order chi connectivity index (χ0) is 31.4. The number of aliphatic hydroxyl groups is 2. The van der Waals surface area contributed by atoms with E-state index in [1.54, 1.807) is 6.07 Å². The lowest BCUT2D eigenvalue weighted by Crippen LogP contribution is -2.74. The fourth-order valence-corrected chi connectivity index (χ4v) is 6.92. The maximum absolute atomic E-state index is 13.6. The molecule has 2 bridgehead atoms. The molecule has 1 aromatic carbocycles. The predicted molar refractivity (Wildman–Crippen MR) is 141 cm³/mol. The number of benzene rings is 1. The third kappa shape index (κ3) is 4.73. The Balaban J connectivity index is 1.52. The van der Waals surface area contributed by atoms with Crippen molar-refractivity contribution in [2.75, 3.05) is 13.6 Å². The SMILES string of the molecule is CC(=O)O[C@@H](C(=O)OC1=CC[C@@]2(O)[C@H]3Cc4ccc(CO)c5c4C2(CCN3C)C1O5)[C@@H](OC(C)=O)C(=O)O[C@@H](C)C(=O)O. The summed E-state index contributed by atoms with van der Waals surface area (Å²) in [6, 6.07) is 3.37. The largest absolute Gasteiger partial charge is 0.481 e. The fourth-order valence-electron chi connectivity index (χ4n) is 6.92. The third-order valence-electron chi connectivity index (χ3n) is 8.81. The molecule has 1 fully saturated rings. The molecule has 4 aliphatic rings. The number of rotatable bonds is 9. The van der Waals surface area contributed by atoms with Crippen molar-refractivity contribution in [1.82, 2.24) is 4.90 Å². The number of aliphatic hydroxyl groups excluding tert-OH is 1. The summed E-state index contributed by atoms with van der Waals surface area (Å²) in [6.07, 6.45) is -4.54. The smallest absolute Gasteiger partial charge is 0.357 e. The van der Waals surface area contributed by atoms with Crippen LogP contribution in [0.1, 0.15) is 50.3 Å². The molecule has 43 heavy (non-hydrogen) atoms. The maximum Gasteiger partial charge on any atom is 0.357 e. The van der Waals surface area contributed by atoms with Crippen LogP contribution in [-0.2, 0) is 61.4 Å². The van der Waals surface area contributed by atoms with Gasteiger partial charge in [0, 0.05) is 37.4 Å². The van der Waals surface area contributed by atoms with Crippen molar-refractivity contribution in [3.8, 4) is 5.75 Å². The van der Waals surface area contributed by atoms with Crippen molar-refractivity contribution in [2.45, 2.75) is 88.1 Å². The zero-order valence-corrected chi connectivity index (χ0v) is 24.0. The summed E-state index contributed by atoms with van der Waals surface area (Å²) in [7, 11) is 1.93. The normalized spacial score (nSPS) is 28.7. The first-order chi connectivity index (χ1) is 20.2. The number of likely N-dealkylation sites (tertiary alicyclic amines) is 1. The molecule has 7 atom stereocenters. The Morgan fingerprint density at radius 2 is 1.72 bits per heavy atom. The first-order valence-electron chi connectivity index (χ1n) is 13.8. The molecular weight excluding hydrogens is 570 g/mol. The highest BCUT2D eigenvalue weighted by Gasteiger charge is 2.72. The van der Waals surface area contributed by atoms with Crippen LogP contribution in [0.15, 0.2) is 24.0 Å². The Morgan fingerprint density at radius 1 is 1.07 bits per heavy atom. The molecule has 0 radical (unpaired) electrons. The summed E-state index contributed by atoms with van der Waals surface area (Å²) in [6.45, 7) is 3.18. The van der Waals surface area contributed by atoms with E-state index in [9.17, 15) is 34.2 Å². The second-order valence-electron chi connectivity index (χ2n) is 11.3. The van der Waals surface area contributed by atoms with Crippen molar-refractivity contribution in [1.29, 1.82) is 0 Å². The van der Waals surface area contributed by atoms with E-state index in [2.05, 4.69) is 4.90 Å². The van der Waals surface area contributed by atoms with E-state index in [0.717, 1.165) is 31.9 Å². The zero-order valence-electron chi connectivity index (χ0n) is 24.0. The van der Waals surface area contributed by atoms with Crippen molar-refractivity contribution in [3.63, 3.8) is 0 Å². The Kier molecular flexibility index (Phi) is 7.73. The Bertz CT molecular complexity index is 1420. The minimum absolute atomic E-state index is 0.0306. The van der Waals surface area contributed by atoms with E-state index in [1.807, 2.05) is 13.1 Å². The van der Waals surface area contributed by atoms with Gasteiger partial charge in [-0.15, -0.1) is 0 Å². The van der Waals surface area contributed by atoms with Crippen LogP contribution in [0.5, 0.6) is 5.75 Å². The molecule has 2 aliphatic heterocycles. The van der Waals surface area contributed by atoms with Gasteiger partial charge in [-0.05, 0) is 45.0 Å². The van der Waals surface area contributed by atoms with E-state index >= 15 is 0 Å². The molecule has 2 unspecified atom stereocenters. The first kappa shape index (κ1) is 30.4. The molecule has 1 aromatic rings. The average Bonchev–Trinajstić information content (AvgIpc) is 3.29. The van der Waals surface area contributed by atoms with Gasteiger partial charge in [-0.25, -0.2) is 14.4 Å². The summed E-state index contributed by atoms with van der Waals surface area (Å²) in [4.78, 5) is 63.6. The summed E-state index contributed by atoms with van der Waals surface area (Å²) in [5, 5.41) is 31.5. The standard InChI is InChI=1S/C29H33NO13/c1-13(25(34)35)39-26(36)22(40-14(2)32)23(41-15(3)33)27(37)42-18-7-8-29(38)19-11-16-5-6-17(12-31)21-20(16)28(29,24(18)43-21)9-10-30(19)4/h5-7,13,19,22-24,31,38H,8-12H2,1-4H3,(H,34,35)/t13-,19+,22+,23+,24?,28?,29+/m0/s1. The van der Waals surface area contributed by atoms with Gasteiger partial charge < -0.3 is 43.9 Å². The van der Waals surface area contributed by atoms with Gasteiger partial charge in [0.2, 0.25) is 12.2 Å². The van der Waals surface area contributed by atoms with Gasteiger partial charge in [-0.1, -0.05) is 12.1 Å². The number of carbonyl (C=O) groups is 5. The lowest BCUT2D eigenvalue weighted by molar-refractivity contribution is -0.194. The fraction of sp³-hybridized carbons (Fsp3) is 0.552. The van der Waals surface area contributed by atoms with Crippen LogP contribution in [0.4, 0.5) is 0 Å². The molecule has 14 heteroatoms. The highest BCUT2D eigenvalue weighted by Crippen LogP contribution is 2.64. The number of aliphatic carboxylic acids is 1. The topological polar surface area (TPSA) is 195 Å². The molecule has 1 saturated heterocycles. The molecule has 2 aliphatic carbocycles. The van der Waals surface area contributed by atoms with E-state index in [0.29, 0.717) is 30.7 Å². The number of carbonyl (C=O) groups excluding carboxylic acids is 4.